The standard InChI is InChI=1S/C17H22INO3.ClH/c1-19-11-5-6-14(19)16(17(20)22-3)12(9-11)10-4-7-15(21-2)13(18)8-10;/h4,7-8,11-12,14,16H,5-6,9H2,1-3H3;1H/t11-,12-,14-,16+;/m1./s1. The fraction of sp³-hybridized carbons (Fsp3) is 0.588. The quantitative estimate of drug-likeness (QED) is 0.521. The maximum atomic E-state index is 12.4. The van der Waals surface area contributed by atoms with E-state index < -0.39 is 0 Å². The number of nitrogens with zero attached hydrogens (tertiary/aromatic N) is 1. The van der Waals surface area contributed by atoms with Crippen molar-refractivity contribution in [1.82, 2.24) is 4.90 Å². The maximum absolute atomic E-state index is 12.4. The van der Waals surface area contributed by atoms with Crippen LogP contribution in [0, 0.1) is 9.49 Å². The molecule has 2 fully saturated rings. The van der Waals surface area contributed by atoms with Crippen molar-refractivity contribution in [3.8, 4) is 5.75 Å². The molecule has 0 aliphatic carbocycles. The van der Waals surface area contributed by atoms with Gasteiger partial charge in [0.2, 0.25) is 0 Å². The smallest absolute Gasteiger partial charge is 0.310 e. The molecule has 23 heavy (non-hydrogen) atoms. The molecule has 6 heteroatoms. The molecule has 0 amide bonds. The molecule has 2 aliphatic rings. The van der Waals surface area contributed by atoms with Crippen LogP contribution in [0.15, 0.2) is 18.2 Å². The summed E-state index contributed by atoms with van der Waals surface area (Å²) in [6.07, 6.45) is 3.29. The lowest BCUT2D eigenvalue weighted by molar-refractivity contribution is -0.150. The molecular weight excluding hydrogens is 429 g/mol. The van der Waals surface area contributed by atoms with Crippen LogP contribution in [0.1, 0.15) is 30.7 Å². The van der Waals surface area contributed by atoms with Gasteiger partial charge in [-0.05, 0) is 66.6 Å². The lowest BCUT2D eigenvalue weighted by atomic mass is 9.76. The number of hydrogen-bond acceptors (Lipinski definition) is 4. The number of benzene rings is 1. The minimum absolute atomic E-state index is 0. The first-order valence-electron chi connectivity index (χ1n) is 7.70. The lowest BCUT2D eigenvalue weighted by Gasteiger charge is -2.41. The Bertz CT molecular complexity index is 583. The van der Waals surface area contributed by atoms with Crippen LogP contribution in [0.25, 0.3) is 0 Å². The van der Waals surface area contributed by atoms with Crippen LogP contribution >= 0.6 is 35.0 Å². The van der Waals surface area contributed by atoms with Crippen molar-refractivity contribution < 1.29 is 14.3 Å². The van der Waals surface area contributed by atoms with Gasteiger partial charge in [-0.1, -0.05) is 6.07 Å². The molecule has 0 radical (unpaired) electrons. The van der Waals surface area contributed by atoms with Gasteiger partial charge in [0.15, 0.2) is 0 Å². The third-order valence-corrected chi connectivity index (χ3v) is 6.19. The molecule has 0 N–H and O–H groups in total. The highest BCUT2D eigenvalue weighted by atomic mass is 127. The van der Waals surface area contributed by atoms with Crippen LogP contribution in [0.3, 0.4) is 0 Å². The van der Waals surface area contributed by atoms with E-state index in [0.29, 0.717) is 12.1 Å². The van der Waals surface area contributed by atoms with Gasteiger partial charge in [0.05, 0.1) is 23.7 Å². The highest BCUT2D eigenvalue weighted by molar-refractivity contribution is 14.1. The second-order valence-electron chi connectivity index (χ2n) is 6.25. The number of carbonyl (C=O) groups is 1. The number of methoxy groups -OCH3 is 2. The molecule has 3 rings (SSSR count). The monoisotopic (exact) mass is 451 g/mol. The Hall–Kier alpha value is -0.530. The van der Waals surface area contributed by atoms with E-state index in [0.717, 1.165) is 22.2 Å². The van der Waals surface area contributed by atoms with Gasteiger partial charge >= 0.3 is 5.97 Å². The summed E-state index contributed by atoms with van der Waals surface area (Å²) in [4.78, 5) is 14.8. The average molecular weight is 452 g/mol. The molecule has 2 heterocycles. The van der Waals surface area contributed by atoms with Crippen LogP contribution in [0.5, 0.6) is 5.75 Å². The Morgan fingerprint density at radius 1 is 1.30 bits per heavy atom. The minimum atomic E-state index is -0.0759. The highest BCUT2D eigenvalue weighted by Crippen LogP contribution is 2.47. The van der Waals surface area contributed by atoms with E-state index in [4.69, 9.17) is 9.47 Å². The Kier molecular flexibility index (Phi) is 6.19. The number of hydrogen-bond donors (Lipinski definition) is 0. The second-order valence-corrected chi connectivity index (χ2v) is 7.41. The van der Waals surface area contributed by atoms with Crippen molar-refractivity contribution in [1.29, 1.82) is 0 Å². The Morgan fingerprint density at radius 3 is 2.65 bits per heavy atom. The Morgan fingerprint density at radius 2 is 2.04 bits per heavy atom. The third-order valence-electron chi connectivity index (χ3n) is 5.35. The van der Waals surface area contributed by atoms with E-state index in [1.165, 1.54) is 19.1 Å². The summed E-state index contributed by atoms with van der Waals surface area (Å²) in [5, 5.41) is 0. The van der Waals surface area contributed by atoms with Gasteiger partial charge in [-0.15, -0.1) is 12.4 Å². The first-order chi connectivity index (χ1) is 10.6. The summed E-state index contributed by atoms with van der Waals surface area (Å²) in [5.41, 5.74) is 1.23. The van der Waals surface area contributed by atoms with Gasteiger partial charge in [0.1, 0.15) is 5.75 Å². The summed E-state index contributed by atoms with van der Waals surface area (Å²) in [6, 6.07) is 7.15. The van der Waals surface area contributed by atoms with Crippen LogP contribution in [-0.4, -0.2) is 44.2 Å². The predicted octanol–water partition coefficient (Wildman–Crippen LogP) is 3.46. The molecule has 2 saturated heterocycles. The van der Waals surface area contributed by atoms with Crippen molar-refractivity contribution in [2.24, 2.45) is 5.92 Å². The molecular formula is C17H23ClINO3. The zero-order valence-electron chi connectivity index (χ0n) is 13.6. The first-order valence-corrected chi connectivity index (χ1v) is 8.78. The number of fused-ring (bicyclic) bond motifs is 2. The van der Waals surface area contributed by atoms with E-state index in [1.54, 1.807) is 7.11 Å². The van der Waals surface area contributed by atoms with Crippen molar-refractivity contribution >= 4 is 41.0 Å². The predicted molar refractivity (Wildman–Crippen MR) is 100 cm³/mol. The molecule has 4 atom stereocenters. The molecule has 0 unspecified atom stereocenters. The average Bonchev–Trinajstić information content (AvgIpc) is 2.76. The summed E-state index contributed by atoms with van der Waals surface area (Å²) in [7, 11) is 5.33. The van der Waals surface area contributed by atoms with E-state index >= 15 is 0 Å². The topological polar surface area (TPSA) is 38.8 Å². The fourth-order valence-electron chi connectivity index (χ4n) is 4.18. The molecule has 0 spiro atoms. The fourth-order valence-corrected chi connectivity index (χ4v) is 4.94. The van der Waals surface area contributed by atoms with Crippen molar-refractivity contribution in [2.45, 2.75) is 37.3 Å². The van der Waals surface area contributed by atoms with Gasteiger partial charge in [0, 0.05) is 18.0 Å². The van der Waals surface area contributed by atoms with Crippen LogP contribution < -0.4 is 4.74 Å². The zero-order chi connectivity index (χ0) is 15.9. The first kappa shape index (κ1) is 18.8. The number of esters is 1. The molecule has 0 aromatic heterocycles. The van der Waals surface area contributed by atoms with Crippen LogP contribution in [0.4, 0.5) is 0 Å². The Balaban J connectivity index is 0.00000192. The number of piperidine rings is 1. The third kappa shape index (κ3) is 3.33. The SMILES string of the molecule is COC(=O)[C@H]1[C@@H](c2ccc(OC)c(I)c2)C[C@H]2CC[C@H]1N2C.Cl. The number of rotatable bonds is 3. The summed E-state index contributed by atoms with van der Waals surface area (Å²) >= 11 is 2.29. The van der Waals surface area contributed by atoms with E-state index in [-0.39, 0.29) is 30.2 Å². The largest absolute Gasteiger partial charge is 0.496 e. The molecule has 128 valence electrons. The van der Waals surface area contributed by atoms with Gasteiger partial charge in [0.25, 0.3) is 0 Å². The molecule has 0 saturated carbocycles. The summed E-state index contributed by atoms with van der Waals surface area (Å²) in [5.74, 6) is 0.974. The second kappa shape index (κ2) is 7.57. The lowest BCUT2D eigenvalue weighted by Crippen LogP contribution is -2.49. The van der Waals surface area contributed by atoms with Crippen molar-refractivity contribution in [3.05, 3.63) is 27.3 Å². The van der Waals surface area contributed by atoms with Crippen LogP contribution in [-0.2, 0) is 9.53 Å². The van der Waals surface area contributed by atoms with Crippen molar-refractivity contribution in [3.63, 3.8) is 0 Å². The molecule has 4 nitrogen and oxygen atoms in total. The highest BCUT2D eigenvalue weighted by Gasteiger charge is 2.49. The summed E-state index contributed by atoms with van der Waals surface area (Å²) in [6.45, 7) is 0. The molecule has 2 aliphatic heterocycles. The number of ether oxygens (including phenoxy) is 2. The summed E-state index contributed by atoms with van der Waals surface area (Å²) < 4.78 is 11.6. The van der Waals surface area contributed by atoms with Gasteiger partial charge < -0.3 is 9.47 Å². The van der Waals surface area contributed by atoms with Gasteiger partial charge in [-0.25, -0.2) is 0 Å². The van der Waals surface area contributed by atoms with E-state index in [2.05, 4.69) is 46.7 Å². The Labute approximate surface area is 157 Å². The van der Waals surface area contributed by atoms with Gasteiger partial charge in [-0.2, -0.15) is 0 Å². The minimum Gasteiger partial charge on any atom is -0.496 e. The van der Waals surface area contributed by atoms with Crippen LogP contribution in [0.2, 0.25) is 0 Å². The molecule has 1 aromatic rings. The van der Waals surface area contributed by atoms with E-state index in [9.17, 15) is 4.79 Å². The van der Waals surface area contributed by atoms with Crippen molar-refractivity contribution in [2.75, 3.05) is 21.3 Å². The van der Waals surface area contributed by atoms with Gasteiger partial charge in [-0.3, -0.25) is 9.69 Å². The normalized spacial score (nSPS) is 29.7. The number of carbonyl (C=O) groups excluding carboxylic acids is 1. The molecule has 1 aromatic carbocycles. The van der Waals surface area contributed by atoms with E-state index in [1.807, 2.05) is 6.07 Å². The maximum Gasteiger partial charge on any atom is 0.310 e. The zero-order valence-corrected chi connectivity index (χ0v) is 16.6. The number of halogens is 2. The molecule has 2 bridgehead atoms.